The van der Waals surface area contributed by atoms with E-state index in [0.29, 0.717) is 5.95 Å². The highest BCUT2D eigenvalue weighted by Crippen LogP contribution is 2.33. The van der Waals surface area contributed by atoms with Gasteiger partial charge in [0.05, 0.1) is 17.1 Å². The summed E-state index contributed by atoms with van der Waals surface area (Å²) < 4.78 is 2.08. The Bertz CT molecular complexity index is 534. The van der Waals surface area contributed by atoms with Crippen LogP contribution in [0.15, 0.2) is 24.3 Å². The van der Waals surface area contributed by atoms with Crippen molar-refractivity contribution in [1.29, 1.82) is 0 Å². The van der Waals surface area contributed by atoms with Crippen molar-refractivity contribution >= 4 is 17.0 Å². The Labute approximate surface area is 100 Å². The van der Waals surface area contributed by atoms with E-state index in [-0.39, 0.29) is 12.1 Å². The second-order valence-corrected chi connectivity index (χ2v) is 4.80. The molecule has 2 aromatic rings. The van der Waals surface area contributed by atoms with E-state index in [1.807, 2.05) is 24.3 Å². The summed E-state index contributed by atoms with van der Waals surface area (Å²) in [4.78, 5) is 4.37. The number of imidazole rings is 1. The number of nitrogens with two attached hydrogens (primary N) is 1. The second kappa shape index (κ2) is 4.04. The molecule has 0 radical (unpaired) electrons. The summed E-state index contributed by atoms with van der Waals surface area (Å²) in [6, 6.07) is 8.26. The molecular formula is C13H17N3O. The maximum atomic E-state index is 9.77. The number of para-hydroxylation sites is 2. The second-order valence-electron chi connectivity index (χ2n) is 4.80. The van der Waals surface area contributed by atoms with E-state index in [4.69, 9.17) is 5.73 Å². The highest BCUT2D eigenvalue weighted by atomic mass is 16.3. The van der Waals surface area contributed by atoms with Gasteiger partial charge in [0, 0.05) is 6.04 Å². The topological polar surface area (TPSA) is 64.1 Å². The summed E-state index contributed by atoms with van der Waals surface area (Å²) in [6.45, 7) is 0. The van der Waals surface area contributed by atoms with Gasteiger partial charge in [-0.05, 0) is 37.8 Å². The van der Waals surface area contributed by atoms with Gasteiger partial charge in [-0.15, -0.1) is 0 Å². The summed E-state index contributed by atoms with van der Waals surface area (Å²) in [7, 11) is 0. The predicted molar refractivity (Wildman–Crippen MR) is 67.7 cm³/mol. The van der Waals surface area contributed by atoms with E-state index in [1.165, 1.54) is 0 Å². The van der Waals surface area contributed by atoms with Crippen LogP contribution in [0.3, 0.4) is 0 Å². The molecule has 0 bridgehead atoms. The number of hydrogen-bond donors (Lipinski definition) is 2. The number of nitrogens with zero attached hydrogens (tertiary/aromatic N) is 2. The quantitative estimate of drug-likeness (QED) is 0.790. The molecule has 4 nitrogen and oxygen atoms in total. The monoisotopic (exact) mass is 231 g/mol. The van der Waals surface area contributed by atoms with Crippen LogP contribution in [-0.4, -0.2) is 20.8 Å². The Morgan fingerprint density at radius 2 is 2.12 bits per heavy atom. The molecule has 0 unspecified atom stereocenters. The van der Waals surface area contributed by atoms with Crippen LogP contribution in [0.2, 0.25) is 0 Å². The minimum Gasteiger partial charge on any atom is -0.393 e. The average Bonchev–Trinajstić information content (AvgIpc) is 2.64. The smallest absolute Gasteiger partial charge is 0.201 e. The molecule has 1 aliphatic carbocycles. The number of fused-ring (bicyclic) bond motifs is 1. The Morgan fingerprint density at radius 1 is 1.29 bits per heavy atom. The minimum atomic E-state index is -0.200. The molecule has 4 heteroatoms. The van der Waals surface area contributed by atoms with Gasteiger partial charge in [-0.25, -0.2) is 4.98 Å². The number of hydrogen-bond acceptors (Lipinski definition) is 3. The zero-order valence-electron chi connectivity index (χ0n) is 9.71. The van der Waals surface area contributed by atoms with Gasteiger partial charge in [0.1, 0.15) is 0 Å². The van der Waals surface area contributed by atoms with E-state index >= 15 is 0 Å². The van der Waals surface area contributed by atoms with Crippen molar-refractivity contribution in [3.05, 3.63) is 24.3 Å². The maximum absolute atomic E-state index is 9.77. The molecule has 1 heterocycles. The lowest BCUT2D eigenvalue weighted by Crippen LogP contribution is -2.23. The SMILES string of the molecule is Nc1nc2ccccc2n1[C@@H]1CCC[C@H](O)C1. The fourth-order valence-corrected chi connectivity index (χ4v) is 2.82. The summed E-state index contributed by atoms with van der Waals surface area (Å²) in [5.74, 6) is 0.560. The number of benzene rings is 1. The highest BCUT2D eigenvalue weighted by Gasteiger charge is 2.24. The lowest BCUT2D eigenvalue weighted by Gasteiger charge is -2.28. The Balaban J connectivity index is 2.06. The Hall–Kier alpha value is -1.55. The van der Waals surface area contributed by atoms with Crippen molar-refractivity contribution in [2.75, 3.05) is 5.73 Å². The number of aromatic nitrogens is 2. The molecule has 90 valence electrons. The van der Waals surface area contributed by atoms with E-state index in [9.17, 15) is 5.11 Å². The van der Waals surface area contributed by atoms with Crippen LogP contribution in [0.4, 0.5) is 5.95 Å². The molecule has 1 saturated carbocycles. The normalized spacial score (nSPS) is 25.2. The number of anilines is 1. The maximum Gasteiger partial charge on any atom is 0.201 e. The lowest BCUT2D eigenvalue weighted by atomic mass is 9.93. The number of rotatable bonds is 1. The fourth-order valence-electron chi connectivity index (χ4n) is 2.82. The molecule has 0 spiro atoms. The number of aliphatic hydroxyl groups is 1. The van der Waals surface area contributed by atoms with Gasteiger partial charge in [-0.1, -0.05) is 12.1 Å². The van der Waals surface area contributed by atoms with Crippen LogP contribution in [0, 0.1) is 0 Å². The van der Waals surface area contributed by atoms with Gasteiger partial charge in [-0.2, -0.15) is 0 Å². The summed E-state index contributed by atoms with van der Waals surface area (Å²) in [5.41, 5.74) is 8.01. The van der Waals surface area contributed by atoms with Crippen molar-refractivity contribution < 1.29 is 5.11 Å². The molecule has 0 amide bonds. The van der Waals surface area contributed by atoms with Crippen molar-refractivity contribution in [3.63, 3.8) is 0 Å². The van der Waals surface area contributed by atoms with Gasteiger partial charge in [0.2, 0.25) is 5.95 Å². The van der Waals surface area contributed by atoms with Gasteiger partial charge in [-0.3, -0.25) is 0 Å². The van der Waals surface area contributed by atoms with E-state index in [0.717, 1.165) is 36.7 Å². The first-order chi connectivity index (χ1) is 8.25. The van der Waals surface area contributed by atoms with Crippen LogP contribution >= 0.6 is 0 Å². The average molecular weight is 231 g/mol. The Kier molecular flexibility index (Phi) is 2.52. The predicted octanol–water partition coefficient (Wildman–Crippen LogP) is 2.09. The van der Waals surface area contributed by atoms with E-state index in [2.05, 4.69) is 9.55 Å². The molecule has 0 saturated heterocycles. The molecule has 0 aliphatic heterocycles. The zero-order valence-corrected chi connectivity index (χ0v) is 9.71. The number of nitrogen functional groups attached to an aromatic ring is 1. The molecule has 3 rings (SSSR count). The van der Waals surface area contributed by atoms with Crippen molar-refractivity contribution in [3.8, 4) is 0 Å². The van der Waals surface area contributed by atoms with Crippen LogP contribution in [-0.2, 0) is 0 Å². The summed E-state index contributed by atoms with van der Waals surface area (Å²) in [5, 5.41) is 9.77. The largest absolute Gasteiger partial charge is 0.393 e. The van der Waals surface area contributed by atoms with E-state index < -0.39 is 0 Å². The first-order valence-corrected chi connectivity index (χ1v) is 6.16. The molecule has 3 N–H and O–H groups in total. The van der Waals surface area contributed by atoms with Gasteiger partial charge in [0.25, 0.3) is 0 Å². The lowest BCUT2D eigenvalue weighted by molar-refractivity contribution is 0.105. The first-order valence-electron chi connectivity index (χ1n) is 6.16. The highest BCUT2D eigenvalue weighted by molar-refractivity contribution is 5.78. The third kappa shape index (κ3) is 1.78. The van der Waals surface area contributed by atoms with Crippen molar-refractivity contribution in [1.82, 2.24) is 9.55 Å². The number of aliphatic hydroxyl groups excluding tert-OH is 1. The summed E-state index contributed by atoms with van der Waals surface area (Å²) >= 11 is 0. The minimum absolute atomic E-state index is 0.200. The molecular weight excluding hydrogens is 214 g/mol. The van der Waals surface area contributed by atoms with Crippen molar-refractivity contribution in [2.45, 2.75) is 37.8 Å². The van der Waals surface area contributed by atoms with Gasteiger partial charge >= 0.3 is 0 Å². The molecule has 1 aliphatic rings. The third-order valence-corrected chi connectivity index (χ3v) is 3.61. The Morgan fingerprint density at radius 3 is 2.94 bits per heavy atom. The van der Waals surface area contributed by atoms with E-state index in [1.54, 1.807) is 0 Å². The molecule has 1 aromatic carbocycles. The van der Waals surface area contributed by atoms with Crippen LogP contribution in [0.5, 0.6) is 0 Å². The summed E-state index contributed by atoms with van der Waals surface area (Å²) in [6.07, 6.45) is 3.61. The molecule has 2 atom stereocenters. The zero-order chi connectivity index (χ0) is 11.8. The van der Waals surface area contributed by atoms with Crippen LogP contribution in [0.1, 0.15) is 31.7 Å². The van der Waals surface area contributed by atoms with Gasteiger partial charge in [0.15, 0.2) is 0 Å². The molecule has 1 aromatic heterocycles. The van der Waals surface area contributed by atoms with Crippen LogP contribution < -0.4 is 5.73 Å². The van der Waals surface area contributed by atoms with Crippen molar-refractivity contribution in [2.24, 2.45) is 0 Å². The van der Waals surface area contributed by atoms with Crippen LogP contribution in [0.25, 0.3) is 11.0 Å². The molecule has 17 heavy (non-hydrogen) atoms. The molecule has 1 fully saturated rings. The fraction of sp³-hybridized carbons (Fsp3) is 0.462. The first kappa shape index (κ1) is 10.6. The van der Waals surface area contributed by atoms with Gasteiger partial charge < -0.3 is 15.4 Å². The third-order valence-electron chi connectivity index (χ3n) is 3.61. The standard InChI is InChI=1S/C13H17N3O/c14-13-15-11-6-1-2-7-12(11)16(13)9-4-3-5-10(17)8-9/h1-2,6-7,9-10,17H,3-5,8H2,(H2,14,15)/t9-,10+/m1/s1.